The summed E-state index contributed by atoms with van der Waals surface area (Å²) in [6.45, 7) is 4.00. The van der Waals surface area contributed by atoms with Gasteiger partial charge in [-0.15, -0.1) is 12.1 Å². The van der Waals surface area contributed by atoms with Gasteiger partial charge in [0.05, 0.1) is 5.56 Å². The van der Waals surface area contributed by atoms with Crippen LogP contribution in [-0.4, -0.2) is 20.1 Å². The summed E-state index contributed by atoms with van der Waals surface area (Å²) in [5.41, 5.74) is 4.56. The predicted octanol–water partition coefficient (Wildman–Crippen LogP) is 7.32. The van der Waals surface area contributed by atoms with Crippen molar-refractivity contribution in [2.24, 2.45) is 0 Å². The summed E-state index contributed by atoms with van der Waals surface area (Å²) in [7, 11) is 3.96. The van der Waals surface area contributed by atoms with E-state index < -0.39 is 5.60 Å². The van der Waals surface area contributed by atoms with Crippen LogP contribution in [-0.2, 0) is 337 Å². The van der Waals surface area contributed by atoms with Crippen LogP contribution < -0.4 is 15.0 Å². The molecular formula is C31H30N2O3Y10-2. The van der Waals surface area contributed by atoms with E-state index in [4.69, 9.17) is 9.47 Å². The molecule has 0 aromatic heterocycles. The number of esters is 1. The predicted molar refractivity (Wildman–Crippen MR) is 145 cm³/mol. The van der Waals surface area contributed by atoms with E-state index in [1.54, 1.807) is 0 Å². The second-order valence-corrected chi connectivity index (χ2v) is 8.41. The maximum Gasteiger partial charge on any atom is 0.340 e. The van der Waals surface area contributed by atoms with Gasteiger partial charge in [-0.3, -0.25) is 0 Å². The first-order valence-corrected chi connectivity index (χ1v) is 11.8. The van der Waals surface area contributed by atoms with E-state index in [2.05, 4.69) is 11.4 Å². The molecule has 0 fully saturated rings. The third-order valence-electron chi connectivity index (χ3n) is 6.20. The zero-order valence-corrected chi connectivity index (χ0v) is 55.4. The zero-order chi connectivity index (χ0) is 24.6. The fraction of sp³-hybridized carbons (Fsp3) is 0.161. The molecule has 0 bridgehead atoms. The van der Waals surface area contributed by atoms with E-state index in [9.17, 15) is 4.79 Å². The van der Waals surface area contributed by atoms with Crippen LogP contribution in [0.5, 0.6) is 11.5 Å². The molecule has 15 heteroatoms. The number of carbonyl (C=O) groups excluding carboxylic acids is 1. The molecule has 1 N–H and O–H groups in total. The minimum Gasteiger partial charge on any atom is -0.516 e. The molecule has 4 aromatic carbocycles. The monoisotopic (exact) mass is 1370 g/mol. The Bertz CT molecular complexity index is 1430. The molecule has 1 atom stereocenters. The van der Waals surface area contributed by atoms with Gasteiger partial charge in [0.1, 0.15) is 5.75 Å². The third kappa shape index (κ3) is 15.3. The van der Waals surface area contributed by atoms with E-state index >= 15 is 0 Å². The van der Waals surface area contributed by atoms with Crippen LogP contribution in [0.3, 0.4) is 0 Å². The van der Waals surface area contributed by atoms with Crippen LogP contribution in [0, 0.1) is 13.5 Å². The Labute approximate surface area is 527 Å². The number of para-hydroxylation sites is 1. The molecule has 1 spiro atoms. The number of nitrogens with zero attached hydrogens (tertiary/aromatic N) is 1. The molecule has 4 aromatic rings. The van der Waals surface area contributed by atoms with Gasteiger partial charge in [0.15, 0.2) is 5.60 Å². The number of rotatable bonds is 3. The first-order valence-electron chi connectivity index (χ1n) is 11.8. The first-order chi connectivity index (χ1) is 17.1. The Hall–Kier alpha value is 6.79. The molecule has 2 aliphatic rings. The molecule has 2 heterocycles. The molecule has 214 valence electrons. The largest absolute Gasteiger partial charge is 0.516 e. The van der Waals surface area contributed by atoms with Crippen LogP contribution in [0.2, 0.25) is 0 Å². The molecule has 5 nitrogen and oxygen atoms in total. The van der Waals surface area contributed by atoms with E-state index in [0.717, 1.165) is 33.8 Å². The van der Waals surface area contributed by atoms with Crippen LogP contribution >= 0.6 is 0 Å². The van der Waals surface area contributed by atoms with Gasteiger partial charge in [-0.2, -0.15) is 6.07 Å². The smallest absolute Gasteiger partial charge is 0.340 e. The SMILES string of the molecule is CC.CN(C)c1ccc2c(c1)Oc1c[c-]c(Nc3ccccc3)cc1C21OC(=O)c2ccccc21.[CH3-].[Y].[Y].[Y].[Y].[Y].[Y].[Y].[Y].[Y].[Y]. The van der Waals surface area contributed by atoms with Crippen molar-refractivity contribution in [3.05, 3.63) is 121 Å². The van der Waals surface area contributed by atoms with Gasteiger partial charge >= 0.3 is 5.97 Å². The van der Waals surface area contributed by atoms with Crippen molar-refractivity contribution in [2.75, 3.05) is 24.3 Å². The van der Waals surface area contributed by atoms with E-state index in [1.165, 1.54) is 0 Å². The number of nitrogens with one attached hydrogen (secondary N) is 1. The Balaban J connectivity index is -0.000000230. The van der Waals surface area contributed by atoms with E-state index in [0.29, 0.717) is 17.1 Å². The Morgan fingerprint density at radius 3 is 1.83 bits per heavy atom. The summed E-state index contributed by atoms with van der Waals surface area (Å²) in [6.07, 6.45) is 0. The van der Waals surface area contributed by atoms with Crippen molar-refractivity contribution < 1.29 is 341 Å². The third-order valence-corrected chi connectivity index (χ3v) is 6.20. The quantitative estimate of drug-likeness (QED) is 0.173. The molecule has 46 heavy (non-hydrogen) atoms. The molecule has 0 saturated carbocycles. The van der Waals surface area contributed by atoms with E-state index in [1.807, 2.05) is 118 Å². The molecule has 6 rings (SSSR count). The molecule has 0 aliphatic carbocycles. The minimum atomic E-state index is -1.09. The van der Waals surface area contributed by atoms with Crippen molar-refractivity contribution in [3.8, 4) is 11.5 Å². The summed E-state index contributed by atoms with van der Waals surface area (Å²) < 4.78 is 12.6. The number of benzene rings is 4. The number of fused-ring (bicyclic) bond motifs is 6. The van der Waals surface area contributed by atoms with Crippen molar-refractivity contribution in [2.45, 2.75) is 19.4 Å². The van der Waals surface area contributed by atoms with Crippen molar-refractivity contribution >= 4 is 23.0 Å². The zero-order valence-electron chi connectivity index (χ0n) is 27.0. The number of carbonyl (C=O) groups is 1. The van der Waals surface area contributed by atoms with Crippen molar-refractivity contribution in [1.29, 1.82) is 0 Å². The van der Waals surface area contributed by atoms with Gasteiger partial charge in [-0.1, -0.05) is 61.5 Å². The van der Waals surface area contributed by atoms with Crippen molar-refractivity contribution in [1.82, 2.24) is 0 Å². The molecule has 1 unspecified atom stereocenters. The number of hydrogen-bond acceptors (Lipinski definition) is 5. The standard InChI is InChI=1S/C28H21N2O3.C2H6.CH3.10Y/c1-30(2)20-13-14-23-26(17-20)32-25-15-12-19(29-18-8-4-3-5-9-18)16-24(25)28(23)22-11-7-6-10-21(22)27(31)33-28;1-2;;;;;;;;;;;/h3-11,13-17,29H,1-2H3;1-2H3;1H3;;;;;;;;;;/q-1;;-1;;;;;;;;;;. The summed E-state index contributed by atoms with van der Waals surface area (Å²) in [6, 6.07) is 30.5. The number of ether oxygens (including phenoxy) is 2. The normalized spacial score (nSPS) is 12.7. The fourth-order valence-corrected chi connectivity index (χ4v) is 4.63. The molecule has 10 radical (unpaired) electrons. The summed E-state index contributed by atoms with van der Waals surface area (Å²) in [4.78, 5) is 15.0. The molecule has 0 amide bonds. The van der Waals surface area contributed by atoms with Gasteiger partial charge in [0.2, 0.25) is 0 Å². The fourth-order valence-electron chi connectivity index (χ4n) is 4.63. The average Bonchev–Trinajstić information content (AvgIpc) is 3.19. The summed E-state index contributed by atoms with van der Waals surface area (Å²) in [5, 5.41) is 3.39. The molecule has 2 aliphatic heterocycles. The average molecular weight is 1370 g/mol. The van der Waals surface area contributed by atoms with Crippen LogP contribution in [0.15, 0.2) is 84.9 Å². The van der Waals surface area contributed by atoms with Crippen LogP contribution in [0.4, 0.5) is 17.1 Å². The Morgan fingerprint density at radius 2 is 1.24 bits per heavy atom. The maximum absolute atomic E-state index is 13.0. The van der Waals surface area contributed by atoms with Crippen LogP contribution in [0.1, 0.15) is 40.9 Å². The minimum absolute atomic E-state index is 0. The second-order valence-electron chi connectivity index (χ2n) is 8.41. The molecular weight excluding hydrogens is 1340 g/mol. The van der Waals surface area contributed by atoms with Crippen molar-refractivity contribution in [3.63, 3.8) is 0 Å². The summed E-state index contributed by atoms with van der Waals surface area (Å²) in [5.74, 6) is 0.934. The topological polar surface area (TPSA) is 50.8 Å². The second kappa shape index (κ2) is 32.8. The van der Waals surface area contributed by atoms with E-state index in [-0.39, 0.29) is 340 Å². The molecule has 0 saturated heterocycles. The van der Waals surface area contributed by atoms with Gasteiger partial charge in [-0.25, -0.2) is 4.79 Å². The van der Waals surface area contributed by atoms with Gasteiger partial charge in [-0.05, 0) is 30.3 Å². The van der Waals surface area contributed by atoms with Gasteiger partial charge < -0.3 is 27.1 Å². The number of hydrogen-bond donors (Lipinski definition) is 1. The maximum atomic E-state index is 13.0. The summed E-state index contributed by atoms with van der Waals surface area (Å²) >= 11 is 0. The van der Waals surface area contributed by atoms with Gasteiger partial charge in [0.25, 0.3) is 0 Å². The Morgan fingerprint density at radius 1 is 0.674 bits per heavy atom. The van der Waals surface area contributed by atoms with Gasteiger partial charge in [0, 0.05) is 376 Å². The first kappa shape index (κ1) is 67.5. The van der Waals surface area contributed by atoms with Crippen LogP contribution in [0.25, 0.3) is 0 Å². The Kier molecular flexibility index (Phi) is 48.2. The number of anilines is 3.